The number of aromatic hydroxyl groups is 2. The number of hydrogen-bond acceptors (Lipinski definition) is 8. The molecule has 0 aromatic heterocycles. The number of carbonyl (C=O) groups is 2. The number of methoxy groups -OCH3 is 2. The van der Waals surface area contributed by atoms with Crippen molar-refractivity contribution in [1.82, 2.24) is 0 Å². The zero-order chi connectivity index (χ0) is 30.7. The van der Waals surface area contributed by atoms with E-state index in [1.165, 1.54) is 6.07 Å². The van der Waals surface area contributed by atoms with Gasteiger partial charge in [-0.2, -0.15) is 0 Å². The summed E-state index contributed by atoms with van der Waals surface area (Å²) < 4.78 is 17.0. The normalized spacial score (nSPS) is 27.5. The SMILES string of the molecule is C=CCNc1c(O)cc2c(O)c1C[C@@H](C)C[C@H](OC)C[C@@H](C)/C=C(\C)[C@H](OC(N)=O)[C@@H](OC)CC/C=C(\C)C(=O)N2. The number of allylic oxidation sites excluding steroid dienone is 2. The Kier molecular flexibility index (Phi) is 13.2. The molecule has 10 heteroatoms. The summed E-state index contributed by atoms with van der Waals surface area (Å²) in [7, 11) is 3.21. The quantitative estimate of drug-likeness (QED) is 0.172. The van der Waals surface area contributed by atoms with E-state index in [9.17, 15) is 19.8 Å². The van der Waals surface area contributed by atoms with Crippen molar-refractivity contribution in [2.24, 2.45) is 17.6 Å². The molecule has 0 aliphatic carbocycles. The second kappa shape index (κ2) is 16.1. The first-order chi connectivity index (χ1) is 19.4. The van der Waals surface area contributed by atoms with Gasteiger partial charge in [0, 0.05) is 38.0 Å². The number of rotatable bonds is 6. The zero-order valence-electron chi connectivity index (χ0n) is 25.2. The maximum absolute atomic E-state index is 13.0. The van der Waals surface area contributed by atoms with Gasteiger partial charge in [-0.3, -0.25) is 4.79 Å². The molecule has 0 radical (unpaired) electrons. The van der Waals surface area contributed by atoms with Crippen molar-refractivity contribution >= 4 is 23.4 Å². The summed E-state index contributed by atoms with van der Waals surface area (Å²) in [5, 5.41) is 27.9. The minimum atomic E-state index is -0.891. The molecule has 0 saturated heterocycles. The number of phenolic OH excluding ortho intramolecular Hbond substituents is 2. The third kappa shape index (κ3) is 9.82. The van der Waals surface area contributed by atoms with Crippen LogP contribution in [0.4, 0.5) is 16.2 Å². The minimum absolute atomic E-state index is 0.0466. The fourth-order valence-corrected chi connectivity index (χ4v) is 5.33. The zero-order valence-corrected chi connectivity index (χ0v) is 25.2. The summed E-state index contributed by atoms with van der Waals surface area (Å²) in [6.45, 7) is 11.8. The Morgan fingerprint density at radius 2 is 1.93 bits per heavy atom. The summed E-state index contributed by atoms with van der Waals surface area (Å²) in [6.07, 6.45) is 6.00. The number of anilines is 2. The monoisotopic (exact) mass is 573 g/mol. The molecule has 1 aromatic rings. The van der Waals surface area contributed by atoms with Crippen molar-refractivity contribution in [3.05, 3.63) is 47.6 Å². The van der Waals surface area contributed by atoms with E-state index < -0.39 is 24.2 Å². The van der Waals surface area contributed by atoms with Gasteiger partial charge in [0.15, 0.2) is 6.10 Å². The lowest BCUT2D eigenvalue weighted by molar-refractivity contribution is -0.112. The first-order valence-electron chi connectivity index (χ1n) is 14.0. The van der Waals surface area contributed by atoms with Gasteiger partial charge in [-0.15, -0.1) is 6.58 Å². The van der Waals surface area contributed by atoms with Crippen molar-refractivity contribution in [3.63, 3.8) is 0 Å². The lowest BCUT2D eigenvalue weighted by Gasteiger charge is -2.27. The lowest BCUT2D eigenvalue weighted by Crippen LogP contribution is -2.36. The smallest absolute Gasteiger partial charge is 0.405 e. The van der Waals surface area contributed by atoms with Crippen molar-refractivity contribution in [2.45, 2.75) is 78.1 Å². The highest BCUT2D eigenvalue weighted by Crippen LogP contribution is 2.42. The Balaban J connectivity index is 2.56. The highest BCUT2D eigenvalue weighted by Gasteiger charge is 2.28. The Hall–Kier alpha value is -3.50. The molecule has 10 nitrogen and oxygen atoms in total. The second-order valence-electron chi connectivity index (χ2n) is 10.9. The van der Waals surface area contributed by atoms with Crippen LogP contribution in [0.2, 0.25) is 0 Å². The van der Waals surface area contributed by atoms with Crippen molar-refractivity contribution < 1.29 is 34.0 Å². The average molecular weight is 574 g/mol. The molecule has 0 spiro atoms. The fraction of sp³-hybridized carbons (Fsp3) is 0.548. The number of phenols is 2. The van der Waals surface area contributed by atoms with E-state index in [-0.39, 0.29) is 35.1 Å². The van der Waals surface area contributed by atoms with E-state index in [1.807, 2.05) is 19.9 Å². The molecule has 41 heavy (non-hydrogen) atoms. The van der Waals surface area contributed by atoms with Gasteiger partial charge in [-0.1, -0.05) is 32.1 Å². The maximum Gasteiger partial charge on any atom is 0.405 e. The third-order valence-electron chi connectivity index (χ3n) is 7.38. The van der Waals surface area contributed by atoms with Crippen LogP contribution in [0.25, 0.3) is 0 Å². The molecule has 1 heterocycles. The summed E-state index contributed by atoms with van der Waals surface area (Å²) >= 11 is 0. The molecular weight excluding hydrogens is 526 g/mol. The van der Waals surface area contributed by atoms with E-state index >= 15 is 0 Å². The Labute approximate surface area is 243 Å². The van der Waals surface area contributed by atoms with Gasteiger partial charge in [0.25, 0.3) is 5.91 Å². The molecular formula is C31H47N3O7. The van der Waals surface area contributed by atoms with Crippen LogP contribution in [0.15, 0.2) is 42.0 Å². The lowest BCUT2D eigenvalue weighted by atomic mass is 9.89. The van der Waals surface area contributed by atoms with Crippen LogP contribution in [-0.4, -0.2) is 61.3 Å². The molecule has 0 unspecified atom stereocenters. The molecule has 1 aromatic carbocycles. The van der Waals surface area contributed by atoms with Crippen LogP contribution in [0.5, 0.6) is 11.5 Å². The fourth-order valence-electron chi connectivity index (χ4n) is 5.33. The van der Waals surface area contributed by atoms with Crippen molar-refractivity contribution in [2.75, 3.05) is 31.4 Å². The van der Waals surface area contributed by atoms with E-state index in [1.54, 1.807) is 33.3 Å². The van der Waals surface area contributed by atoms with E-state index in [4.69, 9.17) is 19.9 Å². The number of ether oxygens (including phenoxy) is 3. The van der Waals surface area contributed by atoms with Crippen LogP contribution >= 0.6 is 0 Å². The Morgan fingerprint density at radius 3 is 2.54 bits per heavy atom. The van der Waals surface area contributed by atoms with Crippen molar-refractivity contribution in [1.29, 1.82) is 0 Å². The summed E-state index contributed by atoms with van der Waals surface area (Å²) in [4.78, 5) is 24.8. The number of carbonyl (C=O) groups excluding carboxylic acids is 2. The van der Waals surface area contributed by atoms with Gasteiger partial charge < -0.3 is 40.8 Å². The molecule has 228 valence electrons. The van der Waals surface area contributed by atoms with Crippen LogP contribution in [0, 0.1) is 11.8 Å². The van der Waals surface area contributed by atoms with Gasteiger partial charge in [0.1, 0.15) is 11.5 Å². The number of fused-ring (bicyclic) bond motifs is 2. The first kappa shape index (κ1) is 33.7. The number of benzene rings is 1. The minimum Gasteiger partial charge on any atom is -0.506 e. The Morgan fingerprint density at radius 1 is 1.22 bits per heavy atom. The molecule has 2 bridgehead atoms. The molecule has 5 atom stereocenters. The number of nitrogens with two attached hydrogens (primary N) is 1. The molecule has 6 N–H and O–H groups in total. The number of hydrogen-bond donors (Lipinski definition) is 5. The molecule has 0 fully saturated rings. The molecule has 2 amide bonds. The summed E-state index contributed by atoms with van der Waals surface area (Å²) in [6, 6.07) is 1.34. The highest BCUT2D eigenvalue weighted by molar-refractivity contribution is 6.04. The van der Waals surface area contributed by atoms with Gasteiger partial charge >= 0.3 is 6.09 Å². The largest absolute Gasteiger partial charge is 0.506 e. The summed E-state index contributed by atoms with van der Waals surface area (Å²) in [5.41, 5.74) is 7.64. The predicted molar refractivity (Wildman–Crippen MR) is 161 cm³/mol. The van der Waals surface area contributed by atoms with Crippen molar-refractivity contribution in [3.8, 4) is 11.5 Å². The van der Waals surface area contributed by atoms with Crippen LogP contribution in [-0.2, 0) is 25.4 Å². The van der Waals surface area contributed by atoms with E-state index in [2.05, 4.69) is 24.1 Å². The number of amides is 2. The van der Waals surface area contributed by atoms with Gasteiger partial charge in [-0.25, -0.2) is 4.79 Å². The maximum atomic E-state index is 13.0. The molecule has 1 aliphatic heterocycles. The number of primary amides is 1. The first-order valence-corrected chi connectivity index (χ1v) is 14.0. The van der Waals surface area contributed by atoms with E-state index in [0.29, 0.717) is 55.5 Å². The number of nitrogens with one attached hydrogen (secondary N) is 2. The molecule has 2 rings (SSSR count). The van der Waals surface area contributed by atoms with Crippen LogP contribution in [0.3, 0.4) is 0 Å². The van der Waals surface area contributed by atoms with Crippen LogP contribution < -0.4 is 16.4 Å². The topological polar surface area (TPSA) is 152 Å². The summed E-state index contributed by atoms with van der Waals surface area (Å²) in [5.74, 6) is -0.486. The van der Waals surface area contributed by atoms with Crippen LogP contribution in [0.1, 0.15) is 58.9 Å². The molecule has 1 aliphatic rings. The highest BCUT2D eigenvalue weighted by atomic mass is 16.6. The van der Waals surface area contributed by atoms with Gasteiger partial charge in [-0.05, 0) is 63.4 Å². The predicted octanol–water partition coefficient (Wildman–Crippen LogP) is 5.41. The van der Waals surface area contributed by atoms with Gasteiger partial charge in [0.05, 0.1) is 23.6 Å². The van der Waals surface area contributed by atoms with Gasteiger partial charge in [0.2, 0.25) is 0 Å². The average Bonchev–Trinajstić information content (AvgIpc) is 2.91. The standard InChI is InChI=1S/C31H47N3O7/c1-8-12-33-27-23-16-19(3)15-22(39-6)14-18(2)13-21(5)29(41-31(32)38)26(40-7)11-9-10-20(4)30(37)34-24(28(23)36)17-25(27)35/h8,10,13,17-19,22,26,29,33,35-36H,1,9,11-12,14-16H2,2-7H3,(H2,32,38)(H,34,37)/b20-10+,21-13+/t18-,19-,22+,26-,29-/m0/s1. The Bertz CT molecular complexity index is 1130. The second-order valence-corrected chi connectivity index (χ2v) is 10.9. The third-order valence-corrected chi connectivity index (χ3v) is 7.38. The van der Waals surface area contributed by atoms with E-state index in [0.717, 1.165) is 5.57 Å². The molecule has 0 saturated carbocycles.